The van der Waals surface area contributed by atoms with E-state index in [-0.39, 0.29) is 6.54 Å². The quantitative estimate of drug-likeness (QED) is 0.812. The molecule has 0 saturated carbocycles. The number of nitrogens with two attached hydrogens (primary N) is 1. The van der Waals surface area contributed by atoms with E-state index in [9.17, 15) is 5.11 Å². The molecule has 0 aromatic heterocycles. The van der Waals surface area contributed by atoms with Gasteiger partial charge in [0.15, 0.2) is 0 Å². The standard InChI is InChI=1S/C9H12BrNO/c1-6-2-3-7(8(10)4-6)9(12)5-11/h2-4,9,12H,5,11H2,1H3. The van der Waals surface area contributed by atoms with Gasteiger partial charge in [0, 0.05) is 11.0 Å². The Morgan fingerprint density at radius 2 is 2.25 bits per heavy atom. The van der Waals surface area contributed by atoms with Crippen LogP contribution in [0.2, 0.25) is 0 Å². The molecule has 0 aliphatic carbocycles. The summed E-state index contributed by atoms with van der Waals surface area (Å²) in [4.78, 5) is 0. The maximum absolute atomic E-state index is 9.45. The molecule has 2 nitrogen and oxygen atoms in total. The topological polar surface area (TPSA) is 46.2 Å². The van der Waals surface area contributed by atoms with Crippen LogP contribution in [0.15, 0.2) is 22.7 Å². The lowest BCUT2D eigenvalue weighted by atomic mass is 10.1. The van der Waals surface area contributed by atoms with E-state index in [2.05, 4.69) is 15.9 Å². The highest BCUT2D eigenvalue weighted by Crippen LogP contribution is 2.23. The molecule has 0 amide bonds. The van der Waals surface area contributed by atoms with Gasteiger partial charge in [0.2, 0.25) is 0 Å². The van der Waals surface area contributed by atoms with Crippen LogP contribution in [-0.4, -0.2) is 11.7 Å². The fraction of sp³-hybridized carbons (Fsp3) is 0.333. The van der Waals surface area contributed by atoms with Crippen molar-refractivity contribution in [2.24, 2.45) is 5.73 Å². The first-order valence-corrected chi connectivity index (χ1v) is 4.58. The first kappa shape index (κ1) is 9.71. The van der Waals surface area contributed by atoms with Gasteiger partial charge >= 0.3 is 0 Å². The summed E-state index contributed by atoms with van der Waals surface area (Å²) in [5, 5.41) is 9.45. The smallest absolute Gasteiger partial charge is 0.0923 e. The Balaban J connectivity index is 3.01. The van der Waals surface area contributed by atoms with Crippen LogP contribution in [0.1, 0.15) is 17.2 Å². The molecule has 0 heterocycles. The maximum atomic E-state index is 9.45. The van der Waals surface area contributed by atoms with E-state index in [0.29, 0.717) is 0 Å². The van der Waals surface area contributed by atoms with Crippen molar-refractivity contribution in [3.63, 3.8) is 0 Å². The van der Waals surface area contributed by atoms with Gasteiger partial charge in [0.05, 0.1) is 6.10 Å². The average molecular weight is 230 g/mol. The summed E-state index contributed by atoms with van der Waals surface area (Å²) in [6, 6.07) is 5.81. The Kier molecular flexibility index (Phi) is 3.26. The zero-order chi connectivity index (χ0) is 9.14. The van der Waals surface area contributed by atoms with Crippen molar-refractivity contribution in [3.05, 3.63) is 33.8 Å². The summed E-state index contributed by atoms with van der Waals surface area (Å²) in [7, 11) is 0. The molecule has 0 spiro atoms. The molecule has 1 unspecified atom stereocenters. The zero-order valence-corrected chi connectivity index (χ0v) is 8.51. The number of aliphatic hydroxyl groups excluding tert-OH is 1. The van der Waals surface area contributed by atoms with Crippen LogP contribution < -0.4 is 5.73 Å². The second-order valence-corrected chi connectivity index (χ2v) is 3.63. The molecule has 1 atom stereocenters. The first-order chi connectivity index (χ1) is 5.65. The van der Waals surface area contributed by atoms with Gasteiger partial charge in [-0.15, -0.1) is 0 Å². The van der Waals surface area contributed by atoms with Gasteiger partial charge in [0.25, 0.3) is 0 Å². The van der Waals surface area contributed by atoms with Crippen molar-refractivity contribution in [1.82, 2.24) is 0 Å². The van der Waals surface area contributed by atoms with Gasteiger partial charge in [-0.2, -0.15) is 0 Å². The SMILES string of the molecule is Cc1ccc(C(O)CN)c(Br)c1. The Hall–Kier alpha value is -0.380. The lowest BCUT2D eigenvalue weighted by molar-refractivity contribution is 0.186. The summed E-state index contributed by atoms with van der Waals surface area (Å²) >= 11 is 3.37. The van der Waals surface area contributed by atoms with Crippen molar-refractivity contribution in [2.45, 2.75) is 13.0 Å². The number of benzene rings is 1. The molecule has 66 valence electrons. The van der Waals surface area contributed by atoms with Crippen LogP contribution in [0.4, 0.5) is 0 Å². The van der Waals surface area contributed by atoms with E-state index >= 15 is 0 Å². The fourth-order valence-corrected chi connectivity index (χ4v) is 1.79. The number of hydrogen-bond acceptors (Lipinski definition) is 2. The monoisotopic (exact) mass is 229 g/mol. The summed E-state index contributed by atoms with van der Waals surface area (Å²) in [6.07, 6.45) is -0.569. The van der Waals surface area contributed by atoms with Crippen molar-refractivity contribution < 1.29 is 5.11 Å². The van der Waals surface area contributed by atoms with Gasteiger partial charge in [0.1, 0.15) is 0 Å². The minimum atomic E-state index is -0.569. The van der Waals surface area contributed by atoms with Crippen LogP contribution in [-0.2, 0) is 0 Å². The van der Waals surface area contributed by atoms with Crippen LogP contribution in [0, 0.1) is 6.92 Å². The molecule has 1 aromatic rings. The second kappa shape index (κ2) is 4.03. The van der Waals surface area contributed by atoms with Crippen LogP contribution in [0.3, 0.4) is 0 Å². The number of halogens is 1. The Morgan fingerprint density at radius 1 is 1.58 bits per heavy atom. The lowest BCUT2D eigenvalue weighted by Gasteiger charge is -2.10. The van der Waals surface area contributed by atoms with Crippen molar-refractivity contribution in [1.29, 1.82) is 0 Å². The van der Waals surface area contributed by atoms with Crippen LogP contribution in [0.25, 0.3) is 0 Å². The Morgan fingerprint density at radius 3 is 2.75 bits per heavy atom. The molecule has 0 radical (unpaired) electrons. The summed E-state index contributed by atoms with van der Waals surface area (Å²) in [6.45, 7) is 2.25. The van der Waals surface area contributed by atoms with Gasteiger partial charge < -0.3 is 10.8 Å². The maximum Gasteiger partial charge on any atom is 0.0923 e. The highest BCUT2D eigenvalue weighted by molar-refractivity contribution is 9.10. The third-order valence-corrected chi connectivity index (χ3v) is 2.42. The summed E-state index contributed by atoms with van der Waals surface area (Å²) < 4.78 is 0.917. The average Bonchev–Trinajstić information content (AvgIpc) is 2.03. The summed E-state index contributed by atoms with van der Waals surface area (Å²) in [5.74, 6) is 0. The van der Waals surface area contributed by atoms with E-state index < -0.39 is 6.10 Å². The zero-order valence-electron chi connectivity index (χ0n) is 6.92. The molecule has 0 bridgehead atoms. The summed E-state index contributed by atoms with van der Waals surface area (Å²) in [5.41, 5.74) is 7.35. The molecule has 12 heavy (non-hydrogen) atoms. The molecule has 3 N–H and O–H groups in total. The molecule has 1 aromatic carbocycles. The molecule has 0 aliphatic heterocycles. The Labute approximate surface area is 80.5 Å². The largest absolute Gasteiger partial charge is 0.387 e. The number of aliphatic hydroxyl groups is 1. The molecule has 0 aliphatic rings. The predicted octanol–water partition coefficient (Wildman–Crippen LogP) is 1.75. The second-order valence-electron chi connectivity index (χ2n) is 2.78. The fourth-order valence-electron chi connectivity index (χ4n) is 1.03. The third kappa shape index (κ3) is 2.06. The van der Waals surface area contributed by atoms with Crippen LogP contribution in [0.5, 0.6) is 0 Å². The minimum Gasteiger partial charge on any atom is -0.387 e. The van der Waals surface area contributed by atoms with Crippen molar-refractivity contribution in [3.8, 4) is 0 Å². The van der Waals surface area contributed by atoms with E-state index in [1.807, 2.05) is 25.1 Å². The number of hydrogen-bond donors (Lipinski definition) is 2. The third-order valence-electron chi connectivity index (χ3n) is 1.74. The molecular formula is C9H12BrNO. The molecule has 0 fully saturated rings. The predicted molar refractivity (Wildman–Crippen MR) is 52.9 cm³/mol. The highest BCUT2D eigenvalue weighted by atomic mass is 79.9. The van der Waals surface area contributed by atoms with E-state index in [1.54, 1.807) is 0 Å². The van der Waals surface area contributed by atoms with Crippen molar-refractivity contribution in [2.75, 3.05) is 6.54 Å². The van der Waals surface area contributed by atoms with Crippen molar-refractivity contribution >= 4 is 15.9 Å². The molecular weight excluding hydrogens is 218 g/mol. The van der Waals surface area contributed by atoms with E-state index in [4.69, 9.17) is 5.73 Å². The Bertz CT molecular complexity index is 275. The molecule has 3 heteroatoms. The highest BCUT2D eigenvalue weighted by Gasteiger charge is 2.08. The van der Waals surface area contributed by atoms with E-state index in [0.717, 1.165) is 15.6 Å². The van der Waals surface area contributed by atoms with Crippen LogP contribution >= 0.6 is 15.9 Å². The first-order valence-electron chi connectivity index (χ1n) is 3.79. The van der Waals surface area contributed by atoms with Gasteiger partial charge in [-0.3, -0.25) is 0 Å². The van der Waals surface area contributed by atoms with Gasteiger partial charge in [-0.05, 0) is 24.1 Å². The normalized spacial score (nSPS) is 13.0. The van der Waals surface area contributed by atoms with Gasteiger partial charge in [-0.25, -0.2) is 0 Å². The minimum absolute atomic E-state index is 0.252. The van der Waals surface area contributed by atoms with E-state index in [1.165, 1.54) is 0 Å². The molecule has 0 saturated heterocycles. The lowest BCUT2D eigenvalue weighted by Crippen LogP contribution is -2.11. The molecule has 1 rings (SSSR count). The number of aryl methyl sites for hydroxylation is 1. The number of rotatable bonds is 2. The van der Waals surface area contributed by atoms with Gasteiger partial charge in [-0.1, -0.05) is 28.1 Å².